The van der Waals surface area contributed by atoms with Crippen LogP contribution in [-0.4, -0.2) is 31.1 Å². The van der Waals surface area contributed by atoms with Crippen LogP contribution in [0, 0.1) is 6.92 Å². The first-order chi connectivity index (χ1) is 12.2. The molecule has 1 N–H and O–H groups in total. The smallest absolute Gasteiger partial charge is 0.275 e. The number of hydrogen-bond acceptors (Lipinski definition) is 7. The number of aromatic nitrogens is 5. The predicted octanol–water partition coefficient (Wildman–Crippen LogP) is 3.41. The van der Waals surface area contributed by atoms with Crippen LogP contribution < -0.4 is 5.32 Å². The van der Waals surface area contributed by atoms with Gasteiger partial charge in [0.05, 0.1) is 5.69 Å². The monoisotopic (exact) mass is 368 g/mol. The topological polar surface area (TPSA) is 85.6 Å². The molecule has 3 heterocycles. The van der Waals surface area contributed by atoms with Gasteiger partial charge in [0.2, 0.25) is 0 Å². The summed E-state index contributed by atoms with van der Waals surface area (Å²) in [5.41, 5.74) is 3.89. The average Bonchev–Trinajstić information content (AvgIpc) is 3.37. The Labute approximate surface area is 151 Å². The van der Waals surface area contributed by atoms with Crippen molar-refractivity contribution >= 4 is 34.3 Å². The van der Waals surface area contributed by atoms with Gasteiger partial charge >= 0.3 is 0 Å². The molecule has 4 aromatic rings. The van der Waals surface area contributed by atoms with Gasteiger partial charge in [0.15, 0.2) is 0 Å². The van der Waals surface area contributed by atoms with Crippen LogP contribution in [0.25, 0.3) is 16.3 Å². The van der Waals surface area contributed by atoms with Crippen molar-refractivity contribution in [3.63, 3.8) is 0 Å². The number of thiophene rings is 1. The third-order valence-electron chi connectivity index (χ3n) is 3.57. The zero-order chi connectivity index (χ0) is 17.2. The van der Waals surface area contributed by atoms with Crippen molar-refractivity contribution in [3.8, 4) is 16.3 Å². The highest BCUT2D eigenvalue weighted by Crippen LogP contribution is 2.26. The fourth-order valence-electron chi connectivity index (χ4n) is 2.30. The summed E-state index contributed by atoms with van der Waals surface area (Å²) in [6.45, 7) is 1.95. The Morgan fingerprint density at radius 3 is 2.92 bits per heavy atom. The van der Waals surface area contributed by atoms with Crippen LogP contribution in [-0.2, 0) is 0 Å². The van der Waals surface area contributed by atoms with Crippen LogP contribution in [0.2, 0.25) is 0 Å². The summed E-state index contributed by atoms with van der Waals surface area (Å²) < 4.78 is 1.56. The van der Waals surface area contributed by atoms with Crippen molar-refractivity contribution in [1.82, 2.24) is 25.2 Å². The highest BCUT2D eigenvalue weighted by Gasteiger charge is 2.13. The van der Waals surface area contributed by atoms with Gasteiger partial charge in [-0.2, -0.15) is 11.3 Å². The lowest BCUT2D eigenvalue weighted by atomic mass is 10.2. The maximum Gasteiger partial charge on any atom is 0.275 e. The van der Waals surface area contributed by atoms with E-state index in [9.17, 15) is 4.79 Å². The fourth-order valence-corrected chi connectivity index (χ4v) is 3.81. The van der Waals surface area contributed by atoms with E-state index in [0.29, 0.717) is 11.4 Å². The number of carbonyl (C=O) groups excluding carboxylic acids is 1. The number of carbonyl (C=O) groups is 1. The van der Waals surface area contributed by atoms with Gasteiger partial charge in [-0.1, -0.05) is 6.07 Å². The van der Waals surface area contributed by atoms with Crippen LogP contribution in [0.3, 0.4) is 0 Å². The second-order valence-electron chi connectivity index (χ2n) is 5.26. The number of amides is 1. The van der Waals surface area contributed by atoms with E-state index in [-0.39, 0.29) is 5.91 Å². The van der Waals surface area contributed by atoms with Gasteiger partial charge in [-0.25, -0.2) is 9.67 Å². The molecule has 3 aromatic heterocycles. The van der Waals surface area contributed by atoms with E-state index >= 15 is 0 Å². The van der Waals surface area contributed by atoms with Crippen LogP contribution in [0.1, 0.15) is 16.1 Å². The average molecular weight is 368 g/mol. The van der Waals surface area contributed by atoms with Gasteiger partial charge < -0.3 is 5.32 Å². The second-order valence-corrected chi connectivity index (χ2v) is 6.90. The summed E-state index contributed by atoms with van der Waals surface area (Å²) in [5.74, 6) is -0.246. The second kappa shape index (κ2) is 6.54. The third-order valence-corrected chi connectivity index (χ3v) is 5.14. The zero-order valence-electron chi connectivity index (χ0n) is 13.1. The van der Waals surface area contributed by atoms with E-state index in [0.717, 1.165) is 21.8 Å². The molecular weight excluding hydrogens is 356 g/mol. The van der Waals surface area contributed by atoms with Crippen LogP contribution >= 0.6 is 22.7 Å². The number of aryl methyl sites for hydroxylation is 1. The minimum absolute atomic E-state index is 0.246. The molecule has 7 nitrogen and oxygen atoms in total. The molecule has 1 aromatic carbocycles. The number of thiazole rings is 1. The molecule has 0 saturated carbocycles. The number of hydrogen-bond donors (Lipinski definition) is 1. The van der Waals surface area contributed by atoms with E-state index in [1.165, 1.54) is 17.7 Å². The van der Waals surface area contributed by atoms with Gasteiger partial charge in [-0.05, 0) is 46.5 Å². The van der Waals surface area contributed by atoms with Gasteiger partial charge in [-0.15, -0.1) is 16.4 Å². The van der Waals surface area contributed by atoms with Gasteiger partial charge in [0.1, 0.15) is 17.0 Å². The molecule has 25 heavy (non-hydrogen) atoms. The first-order valence-electron chi connectivity index (χ1n) is 7.34. The Bertz CT molecular complexity index is 1010. The predicted molar refractivity (Wildman–Crippen MR) is 97.3 cm³/mol. The molecule has 0 bridgehead atoms. The zero-order valence-corrected chi connectivity index (χ0v) is 14.7. The molecule has 9 heteroatoms. The van der Waals surface area contributed by atoms with Gasteiger partial charge in [-0.3, -0.25) is 4.79 Å². The molecule has 0 unspecified atom stereocenters. The van der Waals surface area contributed by atoms with E-state index in [2.05, 4.69) is 25.8 Å². The summed E-state index contributed by atoms with van der Waals surface area (Å²) in [4.78, 5) is 16.9. The molecule has 0 saturated heterocycles. The minimum Gasteiger partial charge on any atom is -0.321 e. The van der Waals surface area contributed by atoms with Crippen molar-refractivity contribution in [2.24, 2.45) is 0 Å². The Balaban J connectivity index is 1.56. The Hall–Kier alpha value is -2.91. The normalized spacial score (nSPS) is 10.8. The molecular formula is C16H12N6OS2. The highest BCUT2D eigenvalue weighted by molar-refractivity contribution is 7.14. The Morgan fingerprint density at radius 2 is 2.16 bits per heavy atom. The first kappa shape index (κ1) is 15.6. The van der Waals surface area contributed by atoms with Crippen LogP contribution in [0.4, 0.5) is 5.69 Å². The molecule has 0 atom stereocenters. The number of benzene rings is 1. The summed E-state index contributed by atoms with van der Waals surface area (Å²) in [7, 11) is 0. The standard InChI is InChI=1S/C16H12N6OS2/c1-10-2-3-12(6-14(10)22-9-17-20-21-22)18-15(23)13-8-25-16(19-13)11-4-5-24-7-11/h2-9H,1H3,(H,18,23). The Kier molecular flexibility index (Phi) is 4.08. The van der Waals surface area contributed by atoms with Crippen molar-refractivity contribution in [3.05, 3.63) is 58.0 Å². The largest absolute Gasteiger partial charge is 0.321 e. The quantitative estimate of drug-likeness (QED) is 0.597. The van der Waals surface area contributed by atoms with Gasteiger partial charge in [0.25, 0.3) is 5.91 Å². The number of anilines is 1. The molecule has 0 radical (unpaired) electrons. The van der Waals surface area contributed by atoms with Crippen LogP contribution in [0.15, 0.2) is 46.7 Å². The van der Waals surface area contributed by atoms with Gasteiger partial charge in [0, 0.05) is 22.0 Å². The Morgan fingerprint density at radius 1 is 1.24 bits per heavy atom. The molecule has 4 rings (SSSR count). The number of tetrazole rings is 1. The minimum atomic E-state index is -0.246. The SMILES string of the molecule is Cc1ccc(NC(=O)c2csc(-c3ccsc3)n2)cc1-n1cnnn1. The maximum absolute atomic E-state index is 12.5. The van der Waals surface area contributed by atoms with Crippen LogP contribution in [0.5, 0.6) is 0 Å². The molecule has 124 valence electrons. The molecule has 0 aliphatic rings. The van der Waals surface area contributed by atoms with E-state index in [1.54, 1.807) is 21.4 Å². The summed E-state index contributed by atoms with van der Waals surface area (Å²) in [6.07, 6.45) is 1.52. The maximum atomic E-state index is 12.5. The summed E-state index contributed by atoms with van der Waals surface area (Å²) in [6, 6.07) is 7.57. The van der Waals surface area contributed by atoms with Crippen molar-refractivity contribution in [2.45, 2.75) is 6.92 Å². The fraction of sp³-hybridized carbons (Fsp3) is 0.0625. The van der Waals surface area contributed by atoms with E-state index in [4.69, 9.17) is 0 Å². The van der Waals surface area contributed by atoms with E-state index in [1.807, 2.05) is 41.9 Å². The molecule has 1 amide bonds. The lowest BCUT2D eigenvalue weighted by Crippen LogP contribution is -2.13. The number of nitrogens with one attached hydrogen (secondary N) is 1. The number of nitrogens with zero attached hydrogens (tertiary/aromatic N) is 5. The highest BCUT2D eigenvalue weighted by atomic mass is 32.1. The lowest BCUT2D eigenvalue weighted by Gasteiger charge is -2.08. The van der Waals surface area contributed by atoms with Crippen molar-refractivity contribution in [1.29, 1.82) is 0 Å². The van der Waals surface area contributed by atoms with Crippen molar-refractivity contribution in [2.75, 3.05) is 5.32 Å². The molecule has 0 aliphatic heterocycles. The first-order valence-corrected chi connectivity index (χ1v) is 9.16. The number of rotatable bonds is 4. The summed E-state index contributed by atoms with van der Waals surface area (Å²) in [5, 5.41) is 20.7. The third kappa shape index (κ3) is 3.19. The lowest BCUT2D eigenvalue weighted by molar-refractivity contribution is 0.102. The molecule has 0 aliphatic carbocycles. The van der Waals surface area contributed by atoms with E-state index < -0.39 is 0 Å². The van der Waals surface area contributed by atoms with Crippen molar-refractivity contribution < 1.29 is 4.79 Å². The summed E-state index contributed by atoms with van der Waals surface area (Å²) >= 11 is 3.06. The molecule has 0 fully saturated rings. The molecule has 0 spiro atoms.